The Bertz CT molecular complexity index is 893. The fraction of sp³-hybridized carbons (Fsp3) is 0.412. The number of aliphatic hydroxyl groups is 1. The van der Waals surface area contributed by atoms with Gasteiger partial charge in [0.05, 0.1) is 31.0 Å². The second-order valence-corrected chi connectivity index (χ2v) is 6.39. The van der Waals surface area contributed by atoms with E-state index < -0.39 is 35.9 Å². The second-order valence-electron chi connectivity index (χ2n) is 6.39. The SMILES string of the molecule is COc1ccc2ncc(F)c(NC(=O)[C@@H]3C[C@@H](O)[C@H](N(C)C(=O)O)C3)c2n1. The van der Waals surface area contributed by atoms with Gasteiger partial charge in [-0.1, -0.05) is 0 Å². The molecule has 27 heavy (non-hydrogen) atoms. The number of pyridine rings is 2. The van der Waals surface area contributed by atoms with E-state index in [1.54, 1.807) is 12.1 Å². The number of aromatic nitrogens is 2. The van der Waals surface area contributed by atoms with Crippen LogP contribution in [0.4, 0.5) is 14.9 Å². The van der Waals surface area contributed by atoms with Gasteiger partial charge in [-0.2, -0.15) is 0 Å². The summed E-state index contributed by atoms with van der Waals surface area (Å²) in [7, 11) is 2.75. The molecule has 3 rings (SSSR count). The van der Waals surface area contributed by atoms with Crippen LogP contribution in [0.15, 0.2) is 18.3 Å². The highest BCUT2D eigenvalue weighted by atomic mass is 19.1. The fourth-order valence-electron chi connectivity index (χ4n) is 3.25. The number of carbonyl (C=O) groups is 2. The third kappa shape index (κ3) is 3.61. The predicted molar refractivity (Wildman–Crippen MR) is 93.0 cm³/mol. The molecule has 1 aliphatic rings. The molecule has 144 valence electrons. The van der Waals surface area contributed by atoms with E-state index in [1.807, 2.05) is 0 Å². The average Bonchev–Trinajstić information content (AvgIpc) is 3.04. The Kier molecular flexibility index (Phi) is 5.08. The molecule has 2 amide bonds. The van der Waals surface area contributed by atoms with Gasteiger partial charge in [0.25, 0.3) is 0 Å². The maximum Gasteiger partial charge on any atom is 0.407 e. The second kappa shape index (κ2) is 7.31. The van der Waals surface area contributed by atoms with Crippen LogP contribution >= 0.6 is 0 Å². The van der Waals surface area contributed by atoms with Crippen LogP contribution in [0.25, 0.3) is 11.0 Å². The van der Waals surface area contributed by atoms with Crippen molar-refractivity contribution in [2.24, 2.45) is 5.92 Å². The first-order valence-electron chi connectivity index (χ1n) is 8.25. The quantitative estimate of drug-likeness (QED) is 0.736. The highest BCUT2D eigenvalue weighted by molar-refractivity contribution is 6.00. The number of nitrogens with one attached hydrogen (secondary N) is 1. The number of halogens is 1. The van der Waals surface area contributed by atoms with Crippen LogP contribution in [0, 0.1) is 11.7 Å². The Morgan fingerprint density at radius 1 is 1.37 bits per heavy atom. The van der Waals surface area contributed by atoms with Crippen molar-refractivity contribution in [3.63, 3.8) is 0 Å². The van der Waals surface area contributed by atoms with Crippen LogP contribution in [0.1, 0.15) is 12.8 Å². The van der Waals surface area contributed by atoms with Crippen LogP contribution < -0.4 is 10.1 Å². The zero-order chi connectivity index (χ0) is 19.7. The molecule has 0 saturated heterocycles. The van der Waals surface area contributed by atoms with E-state index in [4.69, 9.17) is 9.84 Å². The molecule has 0 bridgehead atoms. The fourth-order valence-corrected chi connectivity index (χ4v) is 3.25. The van der Waals surface area contributed by atoms with Crippen LogP contribution in [0.5, 0.6) is 5.88 Å². The Labute approximate surface area is 153 Å². The van der Waals surface area contributed by atoms with Gasteiger partial charge in [0.2, 0.25) is 11.8 Å². The number of hydrogen-bond acceptors (Lipinski definition) is 6. The molecular weight excluding hydrogens is 359 g/mol. The van der Waals surface area contributed by atoms with Crippen molar-refractivity contribution in [2.45, 2.75) is 25.0 Å². The number of carbonyl (C=O) groups excluding carboxylic acids is 1. The Morgan fingerprint density at radius 2 is 2.11 bits per heavy atom. The van der Waals surface area contributed by atoms with Gasteiger partial charge in [0.1, 0.15) is 11.2 Å². The summed E-state index contributed by atoms with van der Waals surface area (Å²) in [6.45, 7) is 0. The minimum Gasteiger partial charge on any atom is -0.481 e. The van der Waals surface area contributed by atoms with Crippen molar-refractivity contribution in [1.29, 1.82) is 0 Å². The van der Waals surface area contributed by atoms with Crippen LogP contribution in [-0.4, -0.2) is 63.4 Å². The van der Waals surface area contributed by atoms with E-state index >= 15 is 0 Å². The summed E-state index contributed by atoms with van der Waals surface area (Å²) in [5.74, 6) is -1.70. The summed E-state index contributed by atoms with van der Waals surface area (Å²) in [5.41, 5.74) is 0.385. The Balaban J connectivity index is 1.84. The van der Waals surface area contributed by atoms with Gasteiger partial charge < -0.3 is 25.2 Å². The van der Waals surface area contributed by atoms with Crippen LogP contribution in [0.3, 0.4) is 0 Å². The predicted octanol–water partition coefficient (Wildman–Crippen LogP) is 1.47. The summed E-state index contributed by atoms with van der Waals surface area (Å²) >= 11 is 0. The van der Waals surface area contributed by atoms with Gasteiger partial charge in [-0.05, 0) is 18.9 Å². The van der Waals surface area contributed by atoms with Crippen molar-refractivity contribution < 1.29 is 28.9 Å². The van der Waals surface area contributed by atoms with E-state index in [2.05, 4.69) is 15.3 Å². The smallest absolute Gasteiger partial charge is 0.407 e. The van der Waals surface area contributed by atoms with E-state index in [9.17, 15) is 19.1 Å². The van der Waals surface area contributed by atoms with Crippen molar-refractivity contribution in [1.82, 2.24) is 14.9 Å². The van der Waals surface area contributed by atoms with Crippen molar-refractivity contribution in [3.05, 3.63) is 24.1 Å². The third-order valence-corrected chi connectivity index (χ3v) is 4.76. The number of aliphatic hydroxyl groups excluding tert-OH is 1. The highest BCUT2D eigenvalue weighted by Gasteiger charge is 2.40. The number of rotatable bonds is 4. The average molecular weight is 378 g/mol. The van der Waals surface area contributed by atoms with Gasteiger partial charge in [-0.15, -0.1) is 0 Å². The minimum atomic E-state index is -1.19. The standard InChI is InChI=1S/C17H19FN4O5/c1-22(17(25)26)11-5-8(6-12(11)23)16(24)21-14-9(18)7-19-10-3-4-13(27-2)20-15(10)14/h3-4,7-8,11-12,23H,5-6H2,1-2H3,(H,25,26)(H,19,21,24)/t8-,11+,12+/m0/s1. The first-order valence-corrected chi connectivity index (χ1v) is 8.25. The molecule has 10 heteroatoms. The van der Waals surface area contributed by atoms with Crippen LogP contribution in [-0.2, 0) is 4.79 Å². The lowest BCUT2D eigenvalue weighted by Crippen LogP contribution is -2.40. The van der Waals surface area contributed by atoms with E-state index in [0.717, 1.165) is 11.1 Å². The van der Waals surface area contributed by atoms with Gasteiger partial charge in [-0.25, -0.2) is 14.2 Å². The number of likely N-dealkylation sites (N-methyl/N-ethyl adjacent to an activating group) is 1. The molecule has 2 aromatic rings. The normalized spacial score (nSPS) is 21.9. The topological polar surface area (TPSA) is 125 Å². The van der Waals surface area contributed by atoms with Crippen molar-refractivity contribution in [2.75, 3.05) is 19.5 Å². The third-order valence-electron chi connectivity index (χ3n) is 4.76. The summed E-state index contributed by atoms with van der Waals surface area (Å²) in [5, 5.41) is 21.7. The molecule has 2 aromatic heterocycles. The molecule has 0 spiro atoms. The van der Waals surface area contributed by atoms with Gasteiger partial charge in [0.15, 0.2) is 5.82 Å². The molecule has 0 aliphatic heterocycles. The summed E-state index contributed by atoms with van der Waals surface area (Å²) in [6.07, 6.45) is -0.967. The Morgan fingerprint density at radius 3 is 2.78 bits per heavy atom. The van der Waals surface area contributed by atoms with Gasteiger partial charge in [-0.3, -0.25) is 9.78 Å². The van der Waals surface area contributed by atoms with Crippen molar-refractivity contribution >= 4 is 28.7 Å². The number of fused-ring (bicyclic) bond motifs is 1. The molecule has 0 radical (unpaired) electrons. The number of nitrogens with zero attached hydrogens (tertiary/aromatic N) is 3. The lowest BCUT2D eigenvalue weighted by Gasteiger charge is -2.23. The molecule has 3 atom stereocenters. The van der Waals surface area contributed by atoms with Gasteiger partial charge >= 0.3 is 6.09 Å². The maximum atomic E-state index is 14.3. The zero-order valence-electron chi connectivity index (χ0n) is 14.7. The summed E-state index contributed by atoms with van der Waals surface area (Å²) in [6, 6.07) is 2.46. The van der Waals surface area contributed by atoms with Crippen LogP contribution in [0.2, 0.25) is 0 Å². The highest BCUT2D eigenvalue weighted by Crippen LogP contribution is 2.32. The lowest BCUT2D eigenvalue weighted by atomic mass is 10.1. The molecule has 9 nitrogen and oxygen atoms in total. The first kappa shape index (κ1) is 18.8. The molecule has 3 N–H and O–H groups in total. The van der Waals surface area contributed by atoms with E-state index in [-0.39, 0.29) is 29.9 Å². The van der Waals surface area contributed by atoms with Gasteiger partial charge in [0, 0.05) is 19.0 Å². The number of anilines is 1. The molecular formula is C17H19FN4O5. The zero-order valence-corrected chi connectivity index (χ0v) is 14.7. The minimum absolute atomic E-state index is 0.0789. The first-order chi connectivity index (χ1) is 12.8. The summed E-state index contributed by atoms with van der Waals surface area (Å²) < 4.78 is 19.3. The number of ether oxygens (including phenoxy) is 1. The summed E-state index contributed by atoms with van der Waals surface area (Å²) in [4.78, 5) is 32.8. The Hall–Kier alpha value is -3.01. The molecule has 1 fully saturated rings. The number of hydrogen-bond donors (Lipinski definition) is 3. The van der Waals surface area contributed by atoms with E-state index in [0.29, 0.717) is 5.52 Å². The molecule has 1 saturated carbocycles. The van der Waals surface area contributed by atoms with Crippen molar-refractivity contribution in [3.8, 4) is 5.88 Å². The molecule has 1 aliphatic carbocycles. The monoisotopic (exact) mass is 378 g/mol. The number of carboxylic acid groups (broad SMARTS) is 1. The van der Waals surface area contributed by atoms with E-state index in [1.165, 1.54) is 14.2 Å². The number of methoxy groups -OCH3 is 1. The number of amides is 2. The largest absolute Gasteiger partial charge is 0.481 e. The molecule has 2 heterocycles. The lowest BCUT2D eigenvalue weighted by molar-refractivity contribution is -0.120. The maximum absolute atomic E-state index is 14.3. The molecule has 0 aromatic carbocycles. The molecule has 0 unspecified atom stereocenters.